The summed E-state index contributed by atoms with van der Waals surface area (Å²) in [5, 5.41) is 9.93. The minimum atomic E-state index is -1.35. The predicted octanol–water partition coefficient (Wildman–Crippen LogP) is 2.62. The second-order valence-corrected chi connectivity index (χ2v) is 4.27. The molecule has 0 aromatic heterocycles. The van der Waals surface area contributed by atoms with E-state index in [1.807, 2.05) is 0 Å². The number of halogens is 3. The minimum absolute atomic E-state index is 0.0438. The van der Waals surface area contributed by atoms with Crippen LogP contribution < -0.4 is 0 Å². The molecule has 0 spiro atoms. The van der Waals surface area contributed by atoms with Crippen molar-refractivity contribution in [2.75, 3.05) is 13.2 Å². The molecule has 0 saturated carbocycles. The summed E-state index contributed by atoms with van der Waals surface area (Å²) in [6, 6.07) is 2.58. The molecule has 0 aliphatic carbocycles. The normalized spacial score (nSPS) is 19.8. The Morgan fingerprint density at radius 1 is 1.19 bits per heavy atom. The first kappa shape index (κ1) is 11.8. The van der Waals surface area contributed by atoms with Gasteiger partial charge in [-0.2, -0.15) is 0 Å². The molecule has 88 valence electrons. The van der Waals surface area contributed by atoms with Gasteiger partial charge in [-0.15, -0.1) is 0 Å². The van der Waals surface area contributed by atoms with Crippen molar-refractivity contribution in [2.45, 2.75) is 18.4 Å². The molecule has 1 heterocycles. The van der Waals surface area contributed by atoms with Gasteiger partial charge < -0.3 is 9.84 Å². The van der Waals surface area contributed by atoms with Crippen molar-refractivity contribution >= 4 is 11.6 Å². The molecule has 0 unspecified atom stereocenters. The number of rotatable bonds is 1. The SMILES string of the molecule is OC1(c2ccc(Cl)c(F)c2F)CCOCC1. The third kappa shape index (κ3) is 1.93. The molecular weight excluding hydrogens is 238 g/mol. The maximum Gasteiger partial charge on any atom is 0.177 e. The zero-order valence-corrected chi connectivity index (χ0v) is 9.23. The third-order valence-corrected chi connectivity index (χ3v) is 3.15. The van der Waals surface area contributed by atoms with E-state index in [1.165, 1.54) is 12.1 Å². The smallest absolute Gasteiger partial charge is 0.177 e. The Balaban J connectivity index is 2.43. The quantitative estimate of drug-likeness (QED) is 0.774. The molecule has 1 saturated heterocycles. The Morgan fingerprint density at radius 2 is 1.81 bits per heavy atom. The topological polar surface area (TPSA) is 29.5 Å². The van der Waals surface area contributed by atoms with Crippen LogP contribution in [0.3, 0.4) is 0 Å². The number of ether oxygens (including phenoxy) is 1. The lowest BCUT2D eigenvalue weighted by molar-refractivity contribution is -0.0700. The van der Waals surface area contributed by atoms with Crippen molar-refractivity contribution in [3.8, 4) is 0 Å². The second-order valence-electron chi connectivity index (χ2n) is 3.87. The van der Waals surface area contributed by atoms with Crippen molar-refractivity contribution in [3.63, 3.8) is 0 Å². The molecule has 1 aromatic rings. The van der Waals surface area contributed by atoms with Crippen molar-refractivity contribution in [3.05, 3.63) is 34.4 Å². The van der Waals surface area contributed by atoms with Crippen molar-refractivity contribution in [1.82, 2.24) is 0 Å². The van der Waals surface area contributed by atoms with Crippen LogP contribution >= 0.6 is 11.6 Å². The van der Waals surface area contributed by atoms with Crippen molar-refractivity contribution in [2.24, 2.45) is 0 Å². The number of hydrogen-bond acceptors (Lipinski definition) is 2. The average molecular weight is 249 g/mol. The van der Waals surface area contributed by atoms with Gasteiger partial charge in [-0.05, 0) is 6.07 Å². The molecule has 1 aliphatic rings. The molecule has 0 atom stereocenters. The Labute approximate surface area is 96.8 Å². The van der Waals surface area contributed by atoms with Gasteiger partial charge >= 0.3 is 0 Å². The zero-order valence-electron chi connectivity index (χ0n) is 8.47. The highest BCUT2D eigenvalue weighted by molar-refractivity contribution is 6.30. The van der Waals surface area contributed by atoms with E-state index in [0.717, 1.165) is 0 Å². The lowest BCUT2D eigenvalue weighted by Crippen LogP contribution is -2.34. The molecule has 16 heavy (non-hydrogen) atoms. The standard InChI is InChI=1S/C11H11ClF2O2/c12-8-2-1-7(9(13)10(8)14)11(15)3-5-16-6-4-11/h1-2,15H,3-6H2. The maximum atomic E-state index is 13.6. The molecule has 2 nitrogen and oxygen atoms in total. The fourth-order valence-corrected chi connectivity index (χ4v) is 2.01. The summed E-state index contributed by atoms with van der Waals surface area (Å²) in [5.41, 5.74) is -1.40. The molecule has 5 heteroatoms. The van der Waals surface area contributed by atoms with Gasteiger partial charge in [-0.25, -0.2) is 8.78 Å². The highest BCUT2D eigenvalue weighted by Crippen LogP contribution is 2.35. The van der Waals surface area contributed by atoms with E-state index >= 15 is 0 Å². The minimum Gasteiger partial charge on any atom is -0.385 e. The van der Waals surface area contributed by atoms with Crippen LogP contribution in [0, 0.1) is 11.6 Å². The van der Waals surface area contributed by atoms with Crippen molar-refractivity contribution < 1.29 is 18.6 Å². The number of aliphatic hydroxyl groups is 1. The van der Waals surface area contributed by atoms with Crippen LogP contribution in [0.15, 0.2) is 12.1 Å². The summed E-state index contributed by atoms with van der Waals surface area (Å²) < 4.78 is 32.0. The number of hydrogen-bond donors (Lipinski definition) is 1. The van der Waals surface area contributed by atoms with Crippen LogP contribution in [0.25, 0.3) is 0 Å². The van der Waals surface area contributed by atoms with Gasteiger partial charge in [0.25, 0.3) is 0 Å². The van der Waals surface area contributed by atoms with Crippen molar-refractivity contribution in [1.29, 1.82) is 0 Å². The van der Waals surface area contributed by atoms with Crippen LogP contribution in [0.2, 0.25) is 5.02 Å². The monoisotopic (exact) mass is 248 g/mol. The molecule has 0 bridgehead atoms. The fourth-order valence-electron chi connectivity index (χ4n) is 1.86. The first-order valence-electron chi connectivity index (χ1n) is 4.99. The maximum absolute atomic E-state index is 13.6. The van der Waals surface area contributed by atoms with E-state index in [4.69, 9.17) is 16.3 Å². The lowest BCUT2D eigenvalue weighted by Gasteiger charge is -2.32. The summed E-state index contributed by atoms with van der Waals surface area (Å²) in [6.07, 6.45) is 0.510. The molecule has 1 N–H and O–H groups in total. The highest BCUT2D eigenvalue weighted by atomic mass is 35.5. The third-order valence-electron chi connectivity index (χ3n) is 2.86. The van der Waals surface area contributed by atoms with Crippen LogP contribution in [0.5, 0.6) is 0 Å². The molecular formula is C11H11ClF2O2. The molecule has 2 rings (SSSR count). The average Bonchev–Trinajstić information content (AvgIpc) is 2.27. The summed E-state index contributed by atoms with van der Waals surface area (Å²) >= 11 is 5.45. The fraction of sp³-hybridized carbons (Fsp3) is 0.455. The van der Waals surface area contributed by atoms with E-state index < -0.39 is 17.2 Å². The van der Waals surface area contributed by atoms with E-state index in [1.54, 1.807) is 0 Å². The molecule has 1 aliphatic heterocycles. The summed E-state index contributed by atoms with van der Waals surface area (Å²) in [5.74, 6) is -2.18. The van der Waals surface area contributed by atoms with Gasteiger partial charge in [0.2, 0.25) is 0 Å². The molecule has 1 aromatic carbocycles. The van der Waals surface area contributed by atoms with E-state index in [-0.39, 0.29) is 23.4 Å². The molecule has 0 amide bonds. The van der Waals surface area contributed by atoms with Crippen LogP contribution in [-0.2, 0) is 10.3 Å². The van der Waals surface area contributed by atoms with Gasteiger partial charge in [-0.1, -0.05) is 17.7 Å². The Bertz CT molecular complexity index is 403. The van der Waals surface area contributed by atoms with Gasteiger partial charge in [0, 0.05) is 31.6 Å². The van der Waals surface area contributed by atoms with Gasteiger partial charge in [0.15, 0.2) is 11.6 Å². The van der Waals surface area contributed by atoms with Crippen LogP contribution in [0.4, 0.5) is 8.78 Å². The number of benzene rings is 1. The summed E-state index contributed by atoms with van der Waals surface area (Å²) in [6.45, 7) is 0.667. The first-order valence-corrected chi connectivity index (χ1v) is 5.36. The lowest BCUT2D eigenvalue weighted by atomic mass is 9.86. The van der Waals surface area contributed by atoms with Gasteiger partial charge in [0.05, 0.1) is 10.6 Å². The second kappa shape index (κ2) is 4.28. The zero-order chi connectivity index (χ0) is 11.8. The molecule has 0 radical (unpaired) electrons. The molecule has 1 fully saturated rings. The van der Waals surface area contributed by atoms with Gasteiger partial charge in [0.1, 0.15) is 0 Å². The largest absolute Gasteiger partial charge is 0.385 e. The van der Waals surface area contributed by atoms with Crippen LogP contribution in [-0.4, -0.2) is 18.3 Å². The van der Waals surface area contributed by atoms with E-state index in [0.29, 0.717) is 13.2 Å². The predicted molar refractivity (Wildman–Crippen MR) is 55.3 cm³/mol. The highest BCUT2D eigenvalue weighted by Gasteiger charge is 2.35. The Morgan fingerprint density at radius 3 is 2.44 bits per heavy atom. The summed E-state index contributed by atoms with van der Waals surface area (Å²) in [7, 11) is 0. The van der Waals surface area contributed by atoms with E-state index in [2.05, 4.69) is 0 Å². The van der Waals surface area contributed by atoms with E-state index in [9.17, 15) is 13.9 Å². The summed E-state index contributed by atoms with van der Waals surface area (Å²) in [4.78, 5) is 0. The Hall–Kier alpha value is -0.710. The first-order chi connectivity index (χ1) is 7.54. The van der Waals surface area contributed by atoms with Crippen LogP contribution in [0.1, 0.15) is 18.4 Å². The van der Waals surface area contributed by atoms with Gasteiger partial charge in [-0.3, -0.25) is 0 Å². The Kier molecular flexibility index (Phi) is 3.15.